The predicted molar refractivity (Wildman–Crippen MR) is 106 cm³/mol. The molecule has 0 N–H and O–H groups in total. The summed E-state index contributed by atoms with van der Waals surface area (Å²) in [5, 5.41) is 3.02. The van der Waals surface area contributed by atoms with E-state index in [2.05, 4.69) is 61.5 Å². The van der Waals surface area contributed by atoms with Crippen molar-refractivity contribution < 1.29 is 0 Å². The molecule has 0 saturated heterocycles. The van der Waals surface area contributed by atoms with Crippen LogP contribution in [0.1, 0.15) is 52.8 Å². The van der Waals surface area contributed by atoms with Crippen molar-refractivity contribution in [3.63, 3.8) is 0 Å². The Labute approximate surface area is 144 Å². The normalized spacial score (nSPS) is 12.0. The number of rotatable bonds is 2. The standard InChI is InChI=1S/C22H28S/c1-11(2)9-18-15(6)16(7)22-20(17(18)8)19-13(4)10-12(3)14(5)21(19)23-22/h10-11H,9H2,1-8H3. The van der Waals surface area contributed by atoms with Crippen molar-refractivity contribution in [3.8, 4) is 0 Å². The molecular weight excluding hydrogens is 296 g/mol. The molecule has 0 atom stereocenters. The molecule has 1 heteroatoms. The van der Waals surface area contributed by atoms with Gasteiger partial charge in [-0.1, -0.05) is 19.9 Å². The average molecular weight is 325 g/mol. The van der Waals surface area contributed by atoms with Crippen LogP contribution in [0, 0.1) is 47.5 Å². The average Bonchev–Trinajstić information content (AvgIpc) is 2.88. The Morgan fingerprint density at radius 1 is 0.739 bits per heavy atom. The molecule has 0 unspecified atom stereocenters. The number of thiophene rings is 1. The first-order valence-corrected chi connectivity index (χ1v) is 9.47. The highest BCUT2D eigenvalue weighted by molar-refractivity contribution is 7.26. The summed E-state index contributed by atoms with van der Waals surface area (Å²) >= 11 is 2.00. The fraction of sp³-hybridized carbons (Fsp3) is 0.455. The smallest absolute Gasteiger partial charge is 0.0390 e. The van der Waals surface area contributed by atoms with E-state index in [0.717, 1.165) is 0 Å². The van der Waals surface area contributed by atoms with Crippen LogP contribution in [0.15, 0.2) is 6.07 Å². The maximum absolute atomic E-state index is 2.36. The lowest BCUT2D eigenvalue weighted by molar-refractivity contribution is 0.643. The van der Waals surface area contributed by atoms with Gasteiger partial charge in [0.25, 0.3) is 0 Å². The van der Waals surface area contributed by atoms with Crippen molar-refractivity contribution in [2.45, 2.75) is 61.8 Å². The molecule has 2 aromatic carbocycles. The van der Waals surface area contributed by atoms with Crippen molar-refractivity contribution in [1.29, 1.82) is 0 Å². The topological polar surface area (TPSA) is 0 Å². The fourth-order valence-electron chi connectivity index (χ4n) is 3.92. The van der Waals surface area contributed by atoms with Crippen molar-refractivity contribution in [2.24, 2.45) is 5.92 Å². The Balaban J connectivity index is 2.55. The molecule has 3 aromatic rings. The summed E-state index contributed by atoms with van der Waals surface area (Å²) < 4.78 is 2.99. The molecule has 0 aliphatic rings. The van der Waals surface area contributed by atoms with Gasteiger partial charge in [0.15, 0.2) is 0 Å². The highest BCUT2D eigenvalue weighted by Gasteiger charge is 2.19. The summed E-state index contributed by atoms with van der Waals surface area (Å²) in [4.78, 5) is 0. The molecular formula is C22H28S. The Kier molecular flexibility index (Phi) is 4.04. The molecule has 0 radical (unpaired) electrons. The van der Waals surface area contributed by atoms with Gasteiger partial charge in [0, 0.05) is 20.2 Å². The molecule has 1 heterocycles. The van der Waals surface area contributed by atoms with Gasteiger partial charge in [-0.2, -0.15) is 0 Å². The van der Waals surface area contributed by atoms with Crippen LogP contribution in [0.5, 0.6) is 0 Å². The van der Waals surface area contributed by atoms with Gasteiger partial charge >= 0.3 is 0 Å². The van der Waals surface area contributed by atoms with Crippen molar-refractivity contribution in [1.82, 2.24) is 0 Å². The van der Waals surface area contributed by atoms with Crippen molar-refractivity contribution in [2.75, 3.05) is 0 Å². The van der Waals surface area contributed by atoms with E-state index in [-0.39, 0.29) is 0 Å². The van der Waals surface area contributed by atoms with Crippen LogP contribution in [-0.4, -0.2) is 0 Å². The maximum Gasteiger partial charge on any atom is 0.0390 e. The van der Waals surface area contributed by atoms with E-state index in [9.17, 15) is 0 Å². The summed E-state index contributed by atoms with van der Waals surface area (Å²) in [6, 6.07) is 2.36. The van der Waals surface area contributed by atoms with Crippen LogP contribution >= 0.6 is 11.3 Å². The van der Waals surface area contributed by atoms with Gasteiger partial charge in [0.2, 0.25) is 0 Å². The minimum absolute atomic E-state index is 0.694. The summed E-state index contributed by atoms with van der Waals surface area (Å²) in [6.07, 6.45) is 1.18. The number of aryl methyl sites for hydroxylation is 5. The summed E-state index contributed by atoms with van der Waals surface area (Å²) in [7, 11) is 0. The van der Waals surface area contributed by atoms with E-state index in [4.69, 9.17) is 0 Å². The highest BCUT2D eigenvalue weighted by Crippen LogP contribution is 2.44. The van der Waals surface area contributed by atoms with Crippen LogP contribution in [0.25, 0.3) is 20.2 Å². The van der Waals surface area contributed by atoms with E-state index >= 15 is 0 Å². The Hall–Kier alpha value is -1.34. The van der Waals surface area contributed by atoms with Gasteiger partial charge in [-0.05, 0) is 92.8 Å². The first-order valence-electron chi connectivity index (χ1n) is 8.65. The van der Waals surface area contributed by atoms with Crippen LogP contribution in [0.4, 0.5) is 0 Å². The lowest BCUT2D eigenvalue weighted by Gasteiger charge is -2.17. The Morgan fingerprint density at radius 3 is 1.96 bits per heavy atom. The van der Waals surface area contributed by atoms with E-state index in [1.807, 2.05) is 11.3 Å². The van der Waals surface area contributed by atoms with Gasteiger partial charge in [-0.15, -0.1) is 11.3 Å². The summed E-state index contributed by atoms with van der Waals surface area (Å²) in [5.74, 6) is 0.694. The van der Waals surface area contributed by atoms with Gasteiger partial charge < -0.3 is 0 Å². The van der Waals surface area contributed by atoms with Crippen LogP contribution in [-0.2, 0) is 6.42 Å². The lowest BCUT2D eigenvalue weighted by Crippen LogP contribution is -2.02. The molecule has 0 fully saturated rings. The van der Waals surface area contributed by atoms with Crippen molar-refractivity contribution >= 4 is 31.5 Å². The molecule has 0 saturated carbocycles. The zero-order chi connectivity index (χ0) is 17.0. The predicted octanol–water partition coefficient (Wildman–Crippen LogP) is 7.10. The zero-order valence-corrected chi connectivity index (χ0v) is 16.6. The molecule has 1 aromatic heterocycles. The van der Waals surface area contributed by atoms with Gasteiger partial charge in [0.1, 0.15) is 0 Å². The molecule has 3 rings (SSSR count). The number of hydrogen-bond acceptors (Lipinski definition) is 1. The lowest BCUT2D eigenvalue weighted by atomic mass is 9.88. The Morgan fingerprint density at radius 2 is 1.35 bits per heavy atom. The molecule has 23 heavy (non-hydrogen) atoms. The monoisotopic (exact) mass is 324 g/mol. The second-order valence-corrected chi connectivity index (χ2v) is 8.62. The van der Waals surface area contributed by atoms with Crippen LogP contribution in [0.3, 0.4) is 0 Å². The van der Waals surface area contributed by atoms with Crippen molar-refractivity contribution in [3.05, 3.63) is 45.0 Å². The minimum Gasteiger partial charge on any atom is -0.135 e. The van der Waals surface area contributed by atoms with Crippen LogP contribution in [0.2, 0.25) is 0 Å². The number of hydrogen-bond donors (Lipinski definition) is 0. The highest BCUT2D eigenvalue weighted by atomic mass is 32.1. The first-order chi connectivity index (χ1) is 10.7. The van der Waals surface area contributed by atoms with E-state index in [1.165, 1.54) is 60.0 Å². The zero-order valence-electron chi connectivity index (χ0n) is 15.8. The number of benzene rings is 2. The second-order valence-electron chi connectivity index (χ2n) is 7.60. The number of fused-ring (bicyclic) bond motifs is 3. The molecule has 0 aliphatic heterocycles. The van der Waals surface area contributed by atoms with E-state index in [1.54, 1.807) is 5.56 Å². The fourth-order valence-corrected chi connectivity index (χ4v) is 5.47. The SMILES string of the molecule is Cc1cc(C)c2c(sc3c(C)c(C)c(CC(C)C)c(C)c32)c1C. The largest absolute Gasteiger partial charge is 0.135 e. The molecule has 0 spiro atoms. The molecule has 0 bridgehead atoms. The second kappa shape index (κ2) is 5.63. The van der Waals surface area contributed by atoms with Gasteiger partial charge in [0.05, 0.1) is 0 Å². The van der Waals surface area contributed by atoms with Gasteiger partial charge in [-0.25, -0.2) is 0 Å². The minimum atomic E-state index is 0.694. The third-order valence-corrected chi connectivity index (χ3v) is 6.89. The molecule has 0 amide bonds. The Bertz CT molecular complexity index is 923. The van der Waals surface area contributed by atoms with Crippen LogP contribution < -0.4 is 0 Å². The van der Waals surface area contributed by atoms with Gasteiger partial charge in [-0.3, -0.25) is 0 Å². The van der Waals surface area contributed by atoms with E-state index in [0.29, 0.717) is 5.92 Å². The summed E-state index contributed by atoms with van der Waals surface area (Å²) in [5.41, 5.74) is 10.4. The molecule has 0 nitrogen and oxygen atoms in total. The quantitative estimate of drug-likeness (QED) is 0.471. The summed E-state index contributed by atoms with van der Waals surface area (Å²) in [6.45, 7) is 18.4. The van der Waals surface area contributed by atoms with E-state index < -0.39 is 0 Å². The third kappa shape index (κ3) is 2.41. The third-order valence-electron chi connectivity index (χ3n) is 5.46. The first kappa shape index (κ1) is 16.5. The maximum atomic E-state index is 2.36. The molecule has 122 valence electrons. The molecule has 0 aliphatic carbocycles.